The lowest BCUT2D eigenvalue weighted by Gasteiger charge is -2.36. The standard InChI is InChI=1S/C14H26.C7H14.C4H8.2C2H6/c1-11-3-7-13(8-4-11)14-9-5-12(2)6-10-14;1-7-5-3-2-4-6-7;1-2-4-3-1;2*1-2/h11-14H,3-10H2,1-2H3;7H,2-6H2,1H3;1-4H2;2*1-2H3. The van der Waals surface area contributed by atoms with Crippen molar-refractivity contribution < 1.29 is 0 Å². The number of rotatable bonds is 1. The molecule has 0 heterocycles. The lowest BCUT2D eigenvalue weighted by atomic mass is 9.70. The molecule has 4 aliphatic carbocycles. The maximum Gasteiger partial charge on any atom is -0.0386 e. The molecule has 0 spiro atoms. The minimum atomic E-state index is 1.02. The van der Waals surface area contributed by atoms with Crippen molar-refractivity contribution >= 4 is 0 Å². The zero-order valence-electron chi connectivity index (χ0n) is 21.9. The average Bonchev–Trinajstić information content (AvgIpc) is 2.72. The summed E-state index contributed by atoms with van der Waals surface area (Å²) in [4.78, 5) is 0. The molecule has 4 fully saturated rings. The van der Waals surface area contributed by atoms with Crippen molar-refractivity contribution in [1.29, 1.82) is 0 Å². The summed E-state index contributed by atoms with van der Waals surface area (Å²) >= 11 is 0. The van der Waals surface area contributed by atoms with E-state index in [-0.39, 0.29) is 0 Å². The van der Waals surface area contributed by atoms with E-state index in [2.05, 4.69) is 20.8 Å². The third-order valence-electron chi connectivity index (χ3n) is 7.68. The Balaban J connectivity index is 0.000000435. The average molecular weight is 409 g/mol. The van der Waals surface area contributed by atoms with Gasteiger partial charge in [0.25, 0.3) is 0 Å². The third-order valence-corrected chi connectivity index (χ3v) is 7.68. The predicted octanol–water partition coefficient (Wildman–Crippen LogP) is 10.8. The molecular weight excluding hydrogens is 348 g/mol. The first-order valence-electron chi connectivity index (χ1n) is 14.1. The van der Waals surface area contributed by atoms with Gasteiger partial charge < -0.3 is 0 Å². The van der Waals surface area contributed by atoms with Crippen LogP contribution in [-0.2, 0) is 0 Å². The first-order chi connectivity index (χ1) is 14.1. The summed E-state index contributed by atoms with van der Waals surface area (Å²) in [7, 11) is 0. The molecule has 0 heteroatoms. The molecule has 29 heavy (non-hydrogen) atoms. The molecule has 0 unspecified atom stereocenters. The Bertz CT molecular complexity index is 270. The van der Waals surface area contributed by atoms with Crippen LogP contribution >= 0.6 is 0 Å². The highest BCUT2D eigenvalue weighted by atomic mass is 14.3. The first-order valence-corrected chi connectivity index (χ1v) is 14.1. The maximum atomic E-state index is 2.43. The van der Waals surface area contributed by atoms with Gasteiger partial charge >= 0.3 is 0 Å². The molecular formula is C29H60. The quantitative estimate of drug-likeness (QED) is 0.404. The van der Waals surface area contributed by atoms with Crippen LogP contribution in [-0.4, -0.2) is 0 Å². The minimum absolute atomic E-state index is 1.02. The molecule has 0 nitrogen and oxygen atoms in total. The van der Waals surface area contributed by atoms with E-state index in [1.165, 1.54) is 83.5 Å². The largest absolute Gasteiger partial charge is 0.0683 e. The van der Waals surface area contributed by atoms with Crippen molar-refractivity contribution in [3.63, 3.8) is 0 Å². The molecule has 0 atom stereocenters. The van der Waals surface area contributed by atoms with Gasteiger partial charge in [-0.2, -0.15) is 0 Å². The van der Waals surface area contributed by atoms with E-state index in [0.29, 0.717) is 0 Å². The van der Waals surface area contributed by atoms with E-state index in [1.807, 2.05) is 27.7 Å². The summed E-state index contributed by atoms with van der Waals surface area (Å²) < 4.78 is 0. The second kappa shape index (κ2) is 19.9. The maximum absolute atomic E-state index is 2.43. The normalized spacial score (nSPS) is 31.6. The molecule has 4 rings (SSSR count). The molecule has 0 aromatic rings. The second-order valence-corrected chi connectivity index (χ2v) is 10.2. The van der Waals surface area contributed by atoms with Gasteiger partial charge in [0.15, 0.2) is 0 Å². The lowest BCUT2D eigenvalue weighted by molar-refractivity contribution is 0.155. The van der Waals surface area contributed by atoms with Crippen LogP contribution in [0.2, 0.25) is 0 Å². The van der Waals surface area contributed by atoms with E-state index >= 15 is 0 Å². The van der Waals surface area contributed by atoms with Gasteiger partial charge in [0.1, 0.15) is 0 Å². The molecule has 0 aliphatic heterocycles. The molecule has 0 amide bonds. The first kappa shape index (κ1) is 29.0. The highest BCUT2D eigenvalue weighted by molar-refractivity contribution is 4.80. The summed E-state index contributed by atoms with van der Waals surface area (Å²) in [5, 5.41) is 0. The van der Waals surface area contributed by atoms with Gasteiger partial charge in [0, 0.05) is 0 Å². The summed E-state index contributed by atoms with van der Waals surface area (Å²) in [5.74, 6) is 5.30. The predicted molar refractivity (Wildman–Crippen MR) is 136 cm³/mol. The summed E-state index contributed by atoms with van der Waals surface area (Å²) in [6.07, 6.45) is 25.6. The van der Waals surface area contributed by atoms with Crippen LogP contribution in [0.5, 0.6) is 0 Å². The molecule has 4 saturated carbocycles. The fourth-order valence-electron chi connectivity index (χ4n) is 5.07. The summed E-state index contributed by atoms with van der Waals surface area (Å²) in [5.41, 5.74) is 0. The fraction of sp³-hybridized carbons (Fsp3) is 1.00. The number of hydrogen-bond donors (Lipinski definition) is 0. The van der Waals surface area contributed by atoms with Crippen LogP contribution in [0.4, 0.5) is 0 Å². The Hall–Kier alpha value is 0. The van der Waals surface area contributed by atoms with Gasteiger partial charge in [-0.25, -0.2) is 0 Å². The Morgan fingerprint density at radius 1 is 0.310 bits per heavy atom. The van der Waals surface area contributed by atoms with Crippen LogP contribution < -0.4 is 0 Å². The van der Waals surface area contributed by atoms with Crippen LogP contribution in [0, 0.1) is 29.6 Å². The van der Waals surface area contributed by atoms with E-state index < -0.39 is 0 Å². The molecule has 0 aromatic heterocycles. The fourth-order valence-corrected chi connectivity index (χ4v) is 5.07. The van der Waals surface area contributed by atoms with Gasteiger partial charge in [-0.3, -0.25) is 0 Å². The lowest BCUT2D eigenvalue weighted by Crippen LogP contribution is -2.24. The molecule has 0 bridgehead atoms. The zero-order chi connectivity index (χ0) is 21.9. The molecule has 0 saturated heterocycles. The van der Waals surface area contributed by atoms with E-state index in [0.717, 1.165) is 29.6 Å². The van der Waals surface area contributed by atoms with Gasteiger partial charge in [-0.05, 0) is 55.3 Å². The monoisotopic (exact) mass is 408 g/mol. The van der Waals surface area contributed by atoms with E-state index in [9.17, 15) is 0 Å². The topological polar surface area (TPSA) is 0 Å². The molecule has 0 radical (unpaired) electrons. The zero-order valence-corrected chi connectivity index (χ0v) is 21.9. The van der Waals surface area contributed by atoms with Crippen molar-refractivity contribution in [1.82, 2.24) is 0 Å². The van der Waals surface area contributed by atoms with Crippen molar-refractivity contribution in [2.45, 2.75) is 158 Å². The van der Waals surface area contributed by atoms with Crippen LogP contribution in [0.3, 0.4) is 0 Å². The Morgan fingerprint density at radius 2 is 0.552 bits per heavy atom. The van der Waals surface area contributed by atoms with Gasteiger partial charge in [-0.15, -0.1) is 0 Å². The van der Waals surface area contributed by atoms with Gasteiger partial charge in [0.2, 0.25) is 0 Å². The summed E-state index contributed by atoms with van der Waals surface area (Å²) in [6.45, 7) is 15.2. The van der Waals surface area contributed by atoms with Crippen molar-refractivity contribution in [2.75, 3.05) is 0 Å². The van der Waals surface area contributed by atoms with Crippen LogP contribution in [0.1, 0.15) is 158 Å². The second-order valence-electron chi connectivity index (χ2n) is 10.2. The van der Waals surface area contributed by atoms with Crippen molar-refractivity contribution in [2.24, 2.45) is 29.6 Å². The third kappa shape index (κ3) is 14.6. The number of hydrogen-bond acceptors (Lipinski definition) is 0. The molecule has 0 aromatic carbocycles. The summed E-state index contributed by atoms with van der Waals surface area (Å²) in [6, 6.07) is 0. The van der Waals surface area contributed by atoms with Crippen LogP contribution in [0.25, 0.3) is 0 Å². The Morgan fingerprint density at radius 3 is 0.759 bits per heavy atom. The van der Waals surface area contributed by atoms with Gasteiger partial charge in [-0.1, -0.05) is 132 Å². The van der Waals surface area contributed by atoms with E-state index in [4.69, 9.17) is 0 Å². The minimum Gasteiger partial charge on any atom is -0.0683 e. The van der Waals surface area contributed by atoms with Gasteiger partial charge in [0.05, 0.1) is 0 Å². The Kier molecular flexibility index (Phi) is 19.9. The van der Waals surface area contributed by atoms with E-state index in [1.54, 1.807) is 25.7 Å². The highest BCUT2D eigenvalue weighted by Gasteiger charge is 2.28. The van der Waals surface area contributed by atoms with Crippen molar-refractivity contribution in [3.05, 3.63) is 0 Å². The Labute approximate surface area is 187 Å². The smallest absolute Gasteiger partial charge is 0.0386 e. The molecule has 0 N–H and O–H groups in total. The van der Waals surface area contributed by atoms with Crippen LogP contribution in [0.15, 0.2) is 0 Å². The molecule has 4 aliphatic rings. The SMILES string of the molecule is C1CCC1.CC.CC.CC1CCC(C2CCC(C)CC2)CC1.CC1CCCCC1. The highest BCUT2D eigenvalue weighted by Crippen LogP contribution is 2.40. The van der Waals surface area contributed by atoms with Crippen molar-refractivity contribution in [3.8, 4) is 0 Å². The molecule has 176 valence electrons.